The Morgan fingerprint density at radius 3 is 2.87 bits per heavy atom. The number of nitrogens with zero attached hydrogens (tertiary/aromatic N) is 2. The number of fused-ring (bicyclic) bond motifs is 1. The molecule has 2 aromatic heterocycles. The summed E-state index contributed by atoms with van der Waals surface area (Å²) < 4.78 is 0. The van der Waals surface area contributed by atoms with Gasteiger partial charge in [0.05, 0.1) is 0 Å². The quantitative estimate of drug-likeness (QED) is 0.774. The van der Waals surface area contributed by atoms with Crippen LogP contribution in [0, 0.1) is 6.20 Å². The van der Waals surface area contributed by atoms with Gasteiger partial charge in [0.15, 0.2) is 0 Å². The Bertz CT molecular complexity index is 473. The predicted molar refractivity (Wildman–Crippen MR) is 58.2 cm³/mol. The number of hydrogen-bond donors (Lipinski definition) is 1. The maximum atomic E-state index is 5.77. The van der Waals surface area contributed by atoms with Gasteiger partial charge in [-0.05, 0) is 0 Å². The Balaban J connectivity index is 0.00000112. The van der Waals surface area contributed by atoms with Crippen molar-refractivity contribution in [1.82, 2.24) is 9.97 Å². The molecule has 2 heterocycles. The summed E-state index contributed by atoms with van der Waals surface area (Å²) in [5.74, 6) is 0.929. The van der Waals surface area contributed by atoms with Crippen molar-refractivity contribution in [2.24, 2.45) is 0 Å². The number of rotatable bonds is 1. The minimum atomic E-state index is 0. The molecule has 0 spiro atoms. The van der Waals surface area contributed by atoms with Crippen LogP contribution in [0.15, 0.2) is 12.2 Å². The topological polar surface area (TPSA) is 51.8 Å². The predicted octanol–water partition coefficient (Wildman–Crippen LogP) is 1.47. The summed E-state index contributed by atoms with van der Waals surface area (Å²) in [6.45, 7) is 6.05. The average Bonchev–Trinajstić information content (AvgIpc) is 2.18. The fourth-order valence-corrected chi connectivity index (χ4v) is 1.34. The van der Waals surface area contributed by atoms with Crippen LogP contribution in [0.4, 0.5) is 5.82 Å². The van der Waals surface area contributed by atoms with Gasteiger partial charge >= 0.3 is 82.9 Å². The van der Waals surface area contributed by atoms with Crippen molar-refractivity contribution in [2.45, 2.75) is 19.8 Å². The van der Waals surface area contributed by atoms with Crippen molar-refractivity contribution < 1.29 is 20.4 Å². The molecule has 1 radical (unpaired) electrons. The summed E-state index contributed by atoms with van der Waals surface area (Å²) in [6, 6.07) is 1.98. The maximum Gasteiger partial charge on any atom is 0 e. The minimum absolute atomic E-state index is 0. The molecule has 0 unspecified atom stereocenters. The molecule has 15 heavy (non-hydrogen) atoms. The molecular weight excluding hydrogens is 359 g/mol. The molecule has 0 aliphatic carbocycles. The van der Waals surface area contributed by atoms with Crippen LogP contribution < -0.4 is 5.73 Å². The van der Waals surface area contributed by atoms with E-state index in [1.54, 1.807) is 6.09 Å². The van der Waals surface area contributed by atoms with Crippen molar-refractivity contribution in [1.29, 1.82) is 0 Å². The zero-order valence-corrected chi connectivity index (χ0v) is 11.4. The van der Waals surface area contributed by atoms with Gasteiger partial charge in [-0.2, -0.15) is 0 Å². The molecule has 0 amide bonds. The number of nitrogens with two attached hydrogens (primary N) is 1. The molecule has 0 fully saturated rings. The fraction of sp³-hybridized carbons (Fsp3) is 0.300. The van der Waals surface area contributed by atoms with Gasteiger partial charge in [0.25, 0.3) is 0 Å². The second-order valence-corrected chi connectivity index (χ2v) is 3.60. The molecule has 77 valence electrons. The van der Waals surface area contributed by atoms with Gasteiger partial charge in [0.1, 0.15) is 0 Å². The third-order valence-corrected chi connectivity index (χ3v) is 2.21. The van der Waals surface area contributed by atoms with E-state index >= 15 is 0 Å². The smallest absolute Gasteiger partial charge is 0 e. The summed E-state index contributed by atoms with van der Waals surface area (Å²) in [5, 5.41) is 1.85. The van der Waals surface area contributed by atoms with Crippen LogP contribution in [0.2, 0.25) is 0 Å². The summed E-state index contributed by atoms with van der Waals surface area (Å²) in [7, 11) is 0. The monoisotopic (exact) mass is 371 g/mol. The number of pyridine rings is 1. The zero-order chi connectivity index (χ0) is 10.1. The van der Waals surface area contributed by atoms with E-state index < -0.39 is 0 Å². The van der Waals surface area contributed by atoms with E-state index in [0.717, 1.165) is 16.4 Å². The van der Waals surface area contributed by atoms with E-state index in [9.17, 15) is 0 Å². The van der Waals surface area contributed by atoms with Gasteiger partial charge in [-0.25, -0.2) is 0 Å². The first-order chi connectivity index (χ1) is 6.68. The first-order valence-corrected chi connectivity index (χ1v) is 4.61. The zero-order valence-electron chi connectivity index (χ0n) is 8.66. The van der Waals surface area contributed by atoms with Crippen molar-refractivity contribution in [2.75, 3.05) is 5.73 Å². The first-order valence-electron chi connectivity index (χ1n) is 4.61. The maximum absolute atomic E-state index is 5.77. The van der Waals surface area contributed by atoms with E-state index in [0.29, 0.717) is 11.7 Å². The molecule has 5 heteroatoms. The summed E-state index contributed by atoms with van der Waals surface area (Å²) in [5.41, 5.74) is 6.76. The Morgan fingerprint density at radius 2 is 2.20 bits per heavy atom. The largest absolute Gasteiger partial charge is 0 e. The van der Waals surface area contributed by atoms with E-state index in [1.165, 1.54) is 0 Å². The summed E-state index contributed by atoms with van der Waals surface area (Å²) in [6.07, 6.45) is 4.64. The molecule has 2 N–H and O–H groups in total. The van der Waals surface area contributed by atoms with E-state index in [2.05, 4.69) is 30.0 Å². The van der Waals surface area contributed by atoms with Crippen molar-refractivity contribution in [3.05, 3.63) is 24.0 Å². The van der Waals surface area contributed by atoms with Gasteiger partial charge in [-0.1, -0.05) is 0 Å². The van der Waals surface area contributed by atoms with Gasteiger partial charge < -0.3 is 0 Å². The Kier molecular flexibility index (Phi) is 3.95. The SMILES string of the molecule is CC(C)c1cc2c(N)ncbc2[c-]n1.[Re]. The van der Waals surface area contributed by atoms with E-state index in [1.807, 2.05) is 13.0 Å². The molecule has 0 saturated heterocycles. The second kappa shape index (κ2) is 4.83. The van der Waals surface area contributed by atoms with Gasteiger partial charge in [0.2, 0.25) is 0 Å². The summed E-state index contributed by atoms with van der Waals surface area (Å²) in [4.78, 5) is 8.28. The van der Waals surface area contributed by atoms with E-state index in [4.69, 9.17) is 5.73 Å². The van der Waals surface area contributed by atoms with Crippen molar-refractivity contribution >= 4 is 23.4 Å². The Morgan fingerprint density at radius 1 is 1.47 bits per heavy atom. The fourth-order valence-electron chi connectivity index (χ4n) is 1.34. The van der Waals surface area contributed by atoms with Crippen LogP contribution in [0.5, 0.6) is 0 Å². The molecular formula is C10H11BN3Re-. The van der Waals surface area contributed by atoms with Crippen LogP contribution >= 0.6 is 0 Å². The van der Waals surface area contributed by atoms with E-state index in [-0.39, 0.29) is 20.4 Å². The van der Waals surface area contributed by atoms with Gasteiger partial charge in [-0.3, -0.25) is 0 Å². The average molecular weight is 370 g/mol. The Hall–Kier alpha value is -0.783. The molecule has 0 aromatic carbocycles. The number of aromatic nitrogens is 2. The standard InChI is InChI=1S/C10H11BN3.Re/c1-6(2)9-3-7-8(4-13-9)11-5-14-10(7)12;/h3,5-6H,1-2H3,(H2,12,14);/q-1;. The molecule has 0 aliphatic rings. The van der Waals surface area contributed by atoms with Crippen molar-refractivity contribution in [3.8, 4) is 0 Å². The molecule has 0 saturated carbocycles. The molecule has 0 aliphatic heterocycles. The summed E-state index contributed by atoms with van der Waals surface area (Å²) >= 11 is 0. The van der Waals surface area contributed by atoms with Crippen LogP contribution in [0.25, 0.3) is 10.7 Å². The second-order valence-electron chi connectivity index (χ2n) is 3.60. The third kappa shape index (κ3) is 2.42. The van der Waals surface area contributed by atoms with Crippen molar-refractivity contribution in [3.63, 3.8) is 0 Å². The van der Waals surface area contributed by atoms with Crippen LogP contribution in [-0.4, -0.2) is 16.9 Å². The number of nitrogen functional groups attached to an aromatic ring is 1. The first kappa shape index (κ1) is 12.3. The van der Waals surface area contributed by atoms with Gasteiger partial charge in [-0.15, -0.1) is 0 Å². The molecule has 2 rings (SSSR count). The van der Waals surface area contributed by atoms with Crippen LogP contribution in [0.1, 0.15) is 25.5 Å². The molecule has 2 aromatic rings. The van der Waals surface area contributed by atoms with Gasteiger partial charge in [0, 0.05) is 20.4 Å². The Labute approximate surface area is 103 Å². The van der Waals surface area contributed by atoms with Crippen LogP contribution in [-0.2, 0) is 20.4 Å². The third-order valence-electron chi connectivity index (χ3n) is 2.21. The number of hydrogen-bond acceptors (Lipinski definition) is 3. The molecule has 3 nitrogen and oxygen atoms in total. The minimum Gasteiger partial charge on any atom is 0 e. The van der Waals surface area contributed by atoms with Crippen LogP contribution in [0.3, 0.4) is 0 Å². The normalized spacial score (nSPS) is 10.1. The number of anilines is 1. The molecule has 0 bridgehead atoms. The molecule has 0 atom stereocenters.